The first-order valence-corrected chi connectivity index (χ1v) is 8.97. The third-order valence-corrected chi connectivity index (χ3v) is 4.16. The molecule has 0 fully saturated rings. The summed E-state index contributed by atoms with van der Waals surface area (Å²) in [7, 11) is 1.62. The average Bonchev–Trinajstić information content (AvgIpc) is 2.64. The third kappa shape index (κ3) is 4.59. The van der Waals surface area contributed by atoms with E-state index in [2.05, 4.69) is 17.4 Å². The Morgan fingerprint density at radius 3 is 2.44 bits per heavy atom. The number of carbonyl (C=O) groups is 1. The molecule has 0 bridgehead atoms. The molecule has 27 heavy (non-hydrogen) atoms. The normalized spacial score (nSPS) is 11.3. The van der Waals surface area contributed by atoms with E-state index in [0.717, 1.165) is 22.1 Å². The van der Waals surface area contributed by atoms with Gasteiger partial charge in [-0.15, -0.1) is 0 Å². The molecule has 0 spiro atoms. The second kappa shape index (κ2) is 7.70. The summed E-state index contributed by atoms with van der Waals surface area (Å²) < 4.78 is 11.5. The first kappa shape index (κ1) is 18.8. The van der Waals surface area contributed by atoms with E-state index in [1.54, 1.807) is 19.2 Å². The topological polar surface area (TPSA) is 47.6 Å². The summed E-state index contributed by atoms with van der Waals surface area (Å²) in [6.07, 6.45) is 0. The molecule has 0 atom stereocenters. The number of hydrogen-bond donors (Lipinski definition) is 1. The minimum Gasteiger partial charge on any atom is -0.496 e. The maximum absolute atomic E-state index is 12.5. The fourth-order valence-corrected chi connectivity index (χ4v) is 2.92. The van der Waals surface area contributed by atoms with Gasteiger partial charge in [-0.05, 0) is 50.4 Å². The van der Waals surface area contributed by atoms with Gasteiger partial charge in [0.2, 0.25) is 0 Å². The molecular weight excluding hydrogens is 338 g/mol. The first-order chi connectivity index (χ1) is 12.9. The van der Waals surface area contributed by atoms with E-state index in [-0.39, 0.29) is 11.4 Å². The predicted molar refractivity (Wildman–Crippen MR) is 108 cm³/mol. The summed E-state index contributed by atoms with van der Waals surface area (Å²) in [6.45, 7) is 6.19. The van der Waals surface area contributed by atoms with Crippen LogP contribution in [0.5, 0.6) is 11.5 Å². The highest BCUT2D eigenvalue weighted by Crippen LogP contribution is 2.28. The Hall–Kier alpha value is -3.01. The molecule has 140 valence electrons. The number of ether oxygens (including phenoxy) is 2. The maximum Gasteiger partial charge on any atom is 0.251 e. The van der Waals surface area contributed by atoms with Crippen LogP contribution in [0.2, 0.25) is 0 Å². The molecular formula is C23H25NO3. The minimum atomic E-state index is -0.295. The maximum atomic E-state index is 12.5. The van der Waals surface area contributed by atoms with Crippen molar-refractivity contribution in [3.63, 3.8) is 0 Å². The van der Waals surface area contributed by atoms with Crippen LogP contribution in [-0.2, 0) is 6.61 Å². The van der Waals surface area contributed by atoms with E-state index in [0.29, 0.717) is 17.9 Å². The lowest BCUT2D eigenvalue weighted by atomic mass is 10.1. The lowest BCUT2D eigenvalue weighted by molar-refractivity contribution is 0.0919. The van der Waals surface area contributed by atoms with Crippen molar-refractivity contribution < 1.29 is 14.3 Å². The van der Waals surface area contributed by atoms with Crippen molar-refractivity contribution in [2.24, 2.45) is 0 Å². The molecule has 0 aliphatic rings. The molecule has 0 aromatic heterocycles. The molecule has 4 heteroatoms. The van der Waals surface area contributed by atoms with Gasteiger partial charge in [-0.3, -0.25) is 4.79 Å². The summed E-state index contributed by atoms with van der Waals surface area (Å²) in [5, 5.41) is 5.16. The van der Waals surface area contributed by atoms with E-state index >= 15 is 0 Å². The summed E-state index contributed by atoms with van der Waals surface area (Å²) in [4.78, 5) is 12.5. The van der Waals surface area contributed by atoms with Gasteiger partial charge >= 0.3 is 0 Å². The van der Waals surface area contributed by atoms with Crippen LogP contribution in [0.1, 0.15) is 36.7 Å². The largest absolute Gasteiger partial charge is 0.496 e. The van der Waals surface area contributed by atoms with Gasteiger partial charge in [0.25, 0.3) is 5.91 Å². The number of benzene rings is 3. The van der Waals surface area contributed by atoms with Crippen LogP contribution in [0.25, 0.3) is 10.8 Å². The molecule has 1 N–H and O–H groups in total. The fraction of sp³-hybridized carbons (Fsp3) is 0.261. The number of methoxy groups -OCH3 is 1. The zero-order valence-corrected chi connectivity index (χ0v) is 16.2. The molecule has 0 unspecified atom stereocenters. The molecule has 1 amide bonds. The third-order valence-electron chi connectivity index (χ3n) is 4.16. The average molecular weight is 363 g/mol. The highest BCUT2D eigenvalue weighted by molar-refractivity contribution is 5.95. The predicted octanol–water partition coefficient (Wildman–Crippen LogP) is 4.96. The van der Waals surface area contributed by atoms with E-state index in [1.807, 2.05) is 57.2 Å². The number of rotatable bonds is 5. The van der Waals surface area contributed by atoms with Crippen LogP contribution in [0, 0.1) is 0 Å². The Bertz CT molecular complexity index is 952. The Kier molecular flexibility index (Phi) is 5.36. The summed E-state index contributed by atoms with van der Waals surface area (Å²) in [6, 6.07) is 19.5. The van der Waals surface area contributed by atoms with Gasteiger partial charge in [0.05, 0.1) is 7.11 Å². The van der Waals surface area contributed by atoms with Crippen LogP contribution in [0.4, 0.5) is 0 Å². The molecule has 0 radical (unpaired) electrons. The summed E-state index contributed by atoms with van der Waals surface area (Å²) in [5.74, 6) is 1.39. The van der Waals surface area contributed by atoms with Crippen molar-refractivity contribution in [1.82, 2.24) is 5.32 Å². The number of amides is 1. The van der Waals surface area contributed by atoms with Crippen molar-refractivity contribution in [2.45, 2.75) is 32.9 Å². The summed E-state index contributed by atoms with van der Waals surface area (Å²) in [5.41, 5.74) is 1.12. The molecule has 4 nitrogen and oxygen atoms in total. The van der Waals surface area contributed by atoms with Crippen LogP contribution >= 0.6 is 0 Å². The lowest BCUT2D eigenvalue weighted by Crippen LogP contribution is -2.40. The molecule has 3 aromatic carbocycles. The van der Waals surface area contributed by atoms with Crippen LogP contribution in [0.15, 0.2) is 60.7 Å². The van der Waals surface area contributed by atoms with Crippen LogP contribution in [0.3, 0.4) is 0 Å². The lowest BCUT2D eigenvalue weighted by Gasteiger charge is -2.21. The fourth-order valence-electron chi connectivity index (χ4n) is 2.92. The second-order valence-corrected chi connectivity index (χ2v) is 7.50. The van der Waals surface area contributed by atoms with E-state index < -0.39 is 0 Å². The van der Waals surface area contributed by atoms with E-state index in [1.165, 1.54) is 0 Å². The van der Waals surface area contributed by atoms with Crippen molar-refractivity contribution in [3.8, 4) is 11.5 Å². The minimum absolute atomic E-state index is 0.114. The Labute approximate surface area is 160 Å². The Morgan fingerprint density at radius 2 is 1.70 bits per heavy atom. The van der Waals surface area contributed by atoms with Crippen LogP contribution in [-0.4, -0.2) is 18.6 Å². The van der Waals surface area contributed by atoms with Crippen molar-refractivity contribution in [3.05, 3.63) is 71.8 Å². The molecule has 0 saturated carbocycles. The van der Waals surface area contributed by atoms with Gasteiger partial charge in [0.1, 0.15) is 18.1 Å². The molecule has 0 aliphatic carbocycles. The quantitative estimate of drug-likeness (QED) is 0.697. The van der Waals surface area contributed by atoms with Gasteiger partial charge in [-0.1, -0.05) is 36.4 Å². The van der Waals surface area contributed by atoms with Gasteiger partial charge in [-0.2, -0.15) is 0 Å². The zero-order valence-electron chi connectivity index (χ0n) is 16.2. The van der Waals surface area contributed by atoms with Gasteiger partial charge in [0, 0.05) is 22.1 Å². The van der Waals surface area contributed by atoms with E-state index in [4.69, 9.17) is 9.47 Å². The Balaban J connectivity index is 1.85. The van der Waals surface area contributed by atoms with Gasteiger partial charge in [-0.25, -0.2) is 0 Å². The van der Waals surface area contributed by atoms with Crippen molar-refractivity contribution in [1.29, 1.82) is 0 Å². The molecule has 0 aliphatic heterocycles. The number of hydrogen-bond acceptors (Lipinski definition) is 3. The molecule has 0 saturated heterocycles. The highest BCUT2D eigenvalue weighted by Gasteiger charge is 2.17. The van der Waals surface area contributed by atoms with Gasteiger partial charge < -0.3 is 14.8 Å². The van der Waals surface area contributed by atoms with E-state index in [9.17, 15) is 4.79 Å². The highest BCUT2D eigenvalue weighted by atomic mass is 16.5. The Morgan fingerprint density at radius 1 is 0.963 bits per heavy atom. The second-order valence-electron chi connectivity index (χ2n) is 7.50. The first-order valence-electron chi connectivity index (χ1n) is 8.97. The monoisotopic (exact) mass is 363 g/mol. The van der Waals surface area contributed by atoms with Crippen molar-refractivity contribution >= 4 is 16.7 Å². The molecule has 3 rings (SSSR count). The van der Waals surface area contributed by atoms with Crippen molar-refractivity contribution in [2.75, 3.05) is 7.11 Å². The number of carbonyl (C=O) groups excluding carboxylic acids is 1. The number of fused-ring (bicyclic) bond motifs is 1. The molecule has 0 heterocycles. The SMILES string of the molecule is COc1ccc(C(=O)NC(C)(C)C)cc1COc1cccc2ccccc12. The standard InChI is InChI=1S/C23H25NO3/c1-23(2,3)24-22(25)17-12-13-20(26-4)18(14-17)15-27-21-11-7-9-16-8-5-6-10-19(16)21/h5-14H,15H2,1-4H3,(H,24,25). The van der Waals surface area contributed by atoms with Gasteiger partial charge in [0.15, 0.2) is 0 Å². The summed E-state index contributed by atoms with van der Waals surface area (Å²) >= 11 is 0. The zero-order chi connectivity index (χ0) is 19.4. The number of nitrogens with one attached hydrogen (secondary N) is 1. The molecule has 3 aromatic rings. The van der Waals surface area contributed by atoms with Crippen LogP contribution < -0.4 is 14.8 Å². The smallest absolute Gasteiger partial charge is 0.251 e.